The van der Waals surface area contributed by atoms with Gasteiger partial charge in [0.1, 0.15) is 13.8 Å². The highest BCUT2D eigenvalue weighted by Gasteiger charge is 2.15. The van der Waals surface area contributed by atoms with Crippen molar-refractivity contribution in [3.63, 3.8) is 0 Å². The third-order valence-electron chi connectivity index (χ3n) is 2.20. The van der Waals surface area contributed by atoms with Crippen LogP contribution < -0.4 is 14.2 Å². The van der Waals surface area contributed by atoms with Crippen molar-refractivity contribution in [1.82, 2.24) is 0 Å². The van der Waals surface area contributed by atoms with Gasteiger partial charge in [0, 0.05) is 0 Å². The first-order valence-electron chi connectivity index (χ1n) is 5.96. The van der Waals surface area contributed by atoms with Gasteiger partial charge in [-0.1, -0.05) is 11.4 Å². The Bertz CT molecular complexity index is 377. The molecule has 0 spiro atoms. The third-order valence-corrected chi connectivity index (χ3v) is 4.06. The summed E-state index contributed by atoms with van der Waals surface area (Å²) in [5, 5.41) is 0.889. The van der Waals surface area contributed by atoms with Crippen LogP contribution in [-0.4, -0.2) is 28.2 Å². The molecule has 4 heteroatoms. The highest BCUT2D eigenvalue weighted by atomic mass is 28.2. The molecule has 0 radical (unpaired) electrons. The van der Waals surface area contributed by atoms with Crippen molar-refractivity contribution in [2.75, 3.05) is 19.8 Å². The Kier molecular flexibility index (Phi) is 5.76. The summed E-state index contributed by atoms with van der Waals surface area (Å²) in [5.41, 5.74) is 4.05. The number of hydrogen-bond acceptors (Lipinski definition) is 3. The lowest BCUT2D eigenvalue weighted by atomic mass is 10.4. The van der Waals surface area contributed by atoms with E-state index in [1.807, 2.05) is 32.5 Å². The van der Waals surface area contributed by atoms with Crippen LogP contribution in [-0.2, 0) is 0 Å². The Labute approximate surface area is 105 Å². The Balaban J connectivity index is 3.24. The van der Waals surface area contributed by atoms with Crippen molar-refractivity contribution >= 4 is 14.1 Å². The minimum Gasteiger partial charge on any atom is -0.495 e. The normalized spacial score (nSPS) is 9.82. The molecular formula is C13H20O3Si. The van der Waals surface area contributed by atoms with E-state index >= 15 is 0 Å². The molecule has 0 unspecified atom stereocenters. The Morgan fingerprint density at radius 1 is 1.12 bits per heavy atom. The van der Waals surface area contributed by atoms with Crippen molar-refractivity contribution < 1.29 is 14.2 Å². The van der Waals surface area contributed by atoms with Crippen LogP contribution in [0.1, 0.15) is 20.8 Å². The molecule has 0 amide bonds. The van der Waals surface area contributed by atoms with Crippen LogP contribution in [0.25, 0.3) is 5.70 Å². The largest absolute Gasteiger partial charge is 0.495 e. The van der Waals surface area contributed by atoms with Gasteiger partial charge in [-0.05, 0) is 26.8 Å². The highest BCUT2D eigenvalue weighted by molar-refractivity contribution is 6.70. The average molecular weight is 252 g/mol. The molecular weight excluding hydrogens is 232 g/mol. The number of hydrogen-bond donors (Lipinski definition) is 0. The summed E-state index contributed by atoms with van der Waals surface area (Å²) in [4.78, 5) is 0. The number of ether oxygens (including phenoxy) is 3. The Morgan fingerprint density at radius 2 is 1.76 bits per heavy atom. The molecule has 0 N–H and O–H groups in total. The molecule has 1 aromatic rings. The lowest BCUT2D eigenvalue weighted by Gasteiger charge is -2.17. The van der Waals surface area contributed by atoms with E-state index < -0.39 is 8.40 Å². The molecule has 0 fully saturated rings. The van der Waals surface area contributed by atoms with E-state index in [0.717, 1.165) is 16.9 Å². The van der Waals surface area contributed by atoms with Gasteiger partial charge in [-0.15, -0.1) is 6.58 Å². The fourth-order valence-corrected chi connectivity index (χ4v) is 3.14. The predicted octanol–water partition coefficient (Wildman–Crippen LogP) is 3.01. The number of rotatable bonds is 7. The second-order valence-electron chi connectivity index (χ2n) is 3.31. The van der Waals surface area contributed by atoms with E-state index in [2.05, 4.69) is 12.3 Å². The van der Waals surface area contributed by atoms with E-state index in [4.69, 9.17) is 14.2 Å². The van der Waals surface area contributed by atoms with Gasteiger partial charge in [0.05, 0.1) is 19.8 Å². The van der Waals surface area contributed by atoms with E-state index in [1.165, 1.54) is 0 Å². The monoisotopic (exact) mass is 252 g/mol. The van der Waals surface area contributed by atoms with E-state index in [-0.39, 0.29) is 0 Å². The van der Waals surface area contributed by atoms with Crippen molar-refractivity contribution in [3.05, 3.63) is 18.3 Å². The van der Waals surface area contributed by atoms with Crippen LogP contribution in [0.2, 0.25) is 0 Å². The Morgan fingerprint density at radius 3 is 2.29 bits per heavy atom. The topological polar surface area (TPSA) is 27.7 Å². The summed E-state index contributed by atoms with van der Waals surface area (Å²) in [7, 11) is -0.994. The third kappa shape index (κ3) is 3.33. The SMILES string of the molecule is C=C[si]1ccc(OCC)c(OCC)c1OCC. The van der Waals surface area contributed by atoms with Crippen LogP contribution >= 0.6 is 0 Å². The second kappa shape index (κ2) is 7.11. The fraction of sp³-hybridized carbons (Fsp3) is 0.462. The molecule has 0 aliphatic rings. The standard InChI is InChI=1S/C13H20O3Si/c1-5-14-11-9-10-17(8-4)13(16-7-3)12(11)15-6-2/h8-10H,4-7H2,1-3H3. The van der Waals surface area contributed by atoms with Crippen LogP contribution in [0, 0.1) is 0 Å². The maximum Gasteiger partial charge on any atom is 0.198 e. The zero-order chi connectivity index (χ0) is 12.7. The molecule has 94 valence electrons. The Hall–Kier alpha value is -1.29. The maximum absolute atomic E-state index is 5.70. The van der Waals surface area contributed by atoms with Gasteiger partial charge in [0.15, 0.2) is 11.5 Å². The summed E-state index contributed by atoms with van der Waals surface area (Å²) in [6.07, 6.45) is 0. The van der Waals surface area contributed by atoms with Crippen LogP contribution in [0.4, 0.5) is 0 Å². The molecule has 0 bridgehead atoms. The molecule has 3 nitrogen and oxygen atoms in total. The molecule has 1 rings (SSSR count). The van der Waals surface area contributed by atoms with Gasteiger partial charge >= 0.3 is 0 Å². The van der Waals surface area contributed by atoms with E-state index in [0.29, 0.717) is 19.8 Å². The molecule has 17 heavy (non-hydrogen) atoms. The molecule has 1 heterocycles. The predicted molar refractivity (Wildman–Crippen MR) is 72.3 cm³/mol. The van der Waals surface area contributed by atoms with Crippen LogP contribution in [0.5, 0.6) is 16.9 Å². The smallest absolute Gasteiger partial charge is 0.198 e. The summed E-state index contributed by atoms with van der Waals surface area (Å²) in [6, 6.07) is 1.97. The zero-order valence-electron chi connectivity index (χ0n) is 10.8. The minimum absolute atomic E-state index is 0.600. The van der Waals surface area contributed by atoms with Crippen molar-refractivity contribution in [1.29, 1.82) is 0 Å². The van der Waals surface area contributed by atoms with Crippen LogP contribution in [0.15, 0.2) is 18.3 Å². The van der Waals surface area contributed by atoms with Gasteiger partial charge in [-0.3, -0.25) is 0 Å². The van der Waals surface area contributed by atoms with Gasteiger partial charge in [0.2, 0.25) is 0 Å². The first kappa shape index (κ1) is 13.8. The van der Waals surface area contributed by atoms with Crippen molar-refractivity contribution in [2.24, 2.45) is 0 Å². The lowest BCUT2D eigenvalue weighted by molar-refractivity contribution is 0.264. The van der Waals surface area contributed by atoms with E-state index in [9.17, 15) is 0 Å². The quantitative estimate of drug-likeness (QED) is 0.698. The van der Waals surface area contributed by atoms with Crippen molar-refractivity contribution in [2.45, 2.75) is 20.8 Å². The molecule has 0 aromatic carbocycles. The molecule has 0 saturated heterocycles. The summed E-state index contributed by atoms with van der Waals surface area (Å²) >= 11 is 0. The maximum atomic E-state index is 5.70. The fourth-order valence-electron chi connectivity index (χ4n) is 1.56. The summed E-state index contributed by atoms with van der Waals surface area (Å²) < 4.78 is 16.9. The lowest BCUT2D eigenvalue weighted by Crippen LogP contribution is -2.07. The summed E-state index contributed by atoms with van der Waals surface area (Å²) in [6.45, 7) is 11.6. The molecule has 1 aromatic heterocycles. The highest BCUT2D eigenvalue weighted by Crippen LogP contribution is 2.37. The van der Waals surface area contributed by atoms with Crippen molar-refractivity contribution in [3.8, 4) is 16.9 Å². The first-order chi connectivity index (χ1) is 8.28. The molecule has 0 aliphatic heterocycles. The zero-order valence-corrected chi connectivity index (χ0v) is 11.8. The second-order valence-corrected chi connectivity index (χ2v) is 5.42. The first-order valence-corrected chi connectivity index (χ1v) is 7.61. The van der Waals surface area contributed by atoms with Gasteiger partial charge in [-0.2, -0.15) is 0 Å². The van der Waals surface area contributed by atoms with Gasteiger partial charge in [-0.25, -0.2) is 0 Å². The molecule has 0 atom stereocenters. The van der Waals surface area contributed by atoms with Crippen LogP contribution in [0.3, 0.4) is 0 Å². The summed E-state index contributed by atoms with van der Waals surface area (Å²) in [5.74, 6) is 1.50. The van der Waals surface area contributed by atoms with Gasteiger partial charge in [0.25, 0.3) is 0 Å². The van der Waals surface area contributed by atoms with Gasteiger partial charge < -0.3 is 14.2 Å². The van der Waals surface area contributed by atoms with E-state index in [1.54, 1.807) is 0 Å². The minimum atomic E-state index is -0.994. The molecule has 0 saturated carbocycles. The molecule has 0 aliphatic carbocycles. The average Bonchev–Trinajstić information content (AvgIpc) is 2.34.